The predicted octanol–water partition coefficient (Wildman–Crippen LogP) is 7.33. The summed E-state index contributed by atoms with van der Waals surface area (Å²) in [5.74, 6) is -0.731. The van der Waals surface area contributed by atoms with Crippen molar-refractivity contribution in [1.82, 2.24) is 0 Å². The van der Waals surface area contributed by atoms with E-state index in [1.54, 1.807) is 0 Å². The van der Waals surface area contributed by atoms with Gasteiger partial charge in [-0.3, -0.25) is 4.79 Å². The van der Waals surface area contributed by atoms with Gasteiger partial charge in [-0.05, 0) is 57.8 Å². The summed E-state index contributed by atoms with van der Waals surface area (Å²) in [5.41, 5.74) is 0. The van der Waals surface area contributed by atoms with Crippen LogP contribution in [0.2, 0.25) is 0 Å². The van der Waals surface area contributed by atoms with Gasteiger partial charge in [0.2, 0.25) is 0 Å². The molecule has 0 unspecified atom stereocenters. The van der Waals surface area contributed by atoms with Gasteiger partial charge in [0.15, 0.2) is 0 Å². The van der Waals surface area contributed by atoms with Crippen LogP contribution in [-0.4, -0.2) is 11.1 Å². The van der Waals surface area contributed by atoms with Gasteiger partial charge >= 0.3 is 5.97 Å². The number of carboxylic acid groups (broad SMARTS) is 1. The monoisotopic (exact) mass is 356 g/mol. The lowest BCUT2D eigenvalue weighted by atomic mass is 10.2. The zero-order valence-corrected chi connectivity index (χ0v) is 16.4. The van der Waals surface area contributed by atoms with E-state index < -0.39 is 5.97 Å². The molecule has 2 heteroatoms. The van der Waals surface area contributed by atoms with E-state index in [0.29, 0.717) is 6.42 Å². The molecule has 0 aromatic rings. The fourth-order valence-electron chi connectivity index (χ4n) is 2.16. The zero-order valence-electron chi connectivity index (χ0n) is 16.4. The van der Waals surface area contributed by atoms with Gasteiger partial charge in [0.05, 0.1) is 0 Å². The van der Waals surface area contributed by atoms with Crippen molar-refractivity contribution in [2.75, 3.05) is 0 Å². The second kappa shape index (κ2) is 21.0. The Morgan fingerprint density at radius 2 is 0.923 bits per heavy atom. The molecule has 0 heterocycles. The van der Waals surface area contributed by atoms with Crippen LogP contribution in [0.4, 0.5) is 0 Å². The van der Waals surface area contributed by atoms with E-state index in [-0.39, 0.29) is 6.42 Å². The molecule has 0 amide bonds. The van der Waals surface area contributed by atoms with Crippen molar-refractivity contribution in [3.05, 3.63) is 72.9 Å². The van der Waals surface area contributed by atoms with E-state index >= 15 is 0 Å². The van der Waals surface area contributed by atoms with Crippen LogP contribution in [0.5, 0.6) is 0 Å². The van der Waals surface area contributed by atoms with Gasteiger partial charge in [0, 0.05) is 6.42 Å². The third-order valence-corrected chi connectivity index (χ3v) is 3.58. The van der Waals surface area contributed by atoms with Crippen molar-refractivity contribution in [3.63, 3.8) is 0 Å². The van der Waals surface area contributed by atoms with Crippen LogP contribution < -0.4 is 0 Å². The summed E-state index contributed by atoms with van der Waals surface area (Å²) in [5, 5.41) is 8.51. The molecule has 2 nitrogen and oxygen atoms in total. The molecule has 0 spiro atoms. The maximum absolute atomic E-state index is 10.3. The number of allylic oxidation sites excluding steroid dienone is 12. The summed E-state index contributed by atoms with van der Waals surface area (Å²) in [6.45, 7) is 2.15. The SMILES string of the molecule is CCC=CCC=CCC=CCC=CCCC=CCCC=CCCC(=O)O. The Hall–Kier alpha value is -2.09. The molecule has 0 fully saturated rings. The summed E-state index contributed by atoms with van der Waals surface area (Å²) in [6, 6.07) is 0. The van der Waals surface area contributed by atoms with Gasteiger partial charge < -0.3 is 5.11 Å². The minimum Gasteiger partial charge on any atom is -0.481 e. The molecule has 0 saturated heterocycles. The fourth-order valence-corrected chi connectivity index (χ4v) is 2.16. The Kier molecular flexibility index (Phi) is 19.3. The van der Waals surface area contributed by atoms with Crippen LogP contribution in [0.3, 0.4) is 0 Å². The molecule has 0 atom stereocenters. The summed E-state index contributed by atoms with van der Waals surface area (Å²) in [4.78, 5) is 10.3. The Balaban J connectivity index is 3.45. The van der Waals surface area contributed by atoms with Gasteiger partial charge in [-0.1, -0.05) is 79.8 Å². The van der Waals surface area contributed by atoms with Crippen LogP contribution in [0.1, 0.15) is 71.1 Å². The lowest BCUT2D eigenvalue weighted by Gasteiger charge is -1.90. The third-order valence-electron chi connectivity index (χ3n) is 3.58. The molecule has 26 heavy (non-hydrogen) atoms. The Bertz CT molecular complexity index is 490. The summed E-state index contributed by atoms with van der Waals surface area (Å²) >= 11 is 0. The van der Waals surface area contributed by atoms with Gasteiger partial charge in [-0.2, -0.15) is 0 Å². The Labute approximate surface area is 160 Å². The molecule has 0 aliphatic rings. The molecule has 144 valence electrons. The average molecular weight is 357 g/mol. The first-order valence-electron chi connectivity index (χ1n) is 9.89. The largest absolute Gasteiger partial charge is 0.481 e. The van der Waals surface area contributed by atoms with Crippen molar-refractivity contribution in [2.45, 2.75) is 71.1 Å². The number of hydrogen-bond acceptors (Lipinski definition) is 1. The van der Waals surface area contributed by atoms with Crippen LogP contribution in [-0.2, 0) is 4.79 Å². The minimum absolute atomic E-state index is 0.223. The highest BCUT2D eigenvalue weighted by molar-refractivity contribution is 5.66. The average Bonchev–Trinajstić information content (AvgIpc) is 2.62. The molecule has 0 aromatic heterocycles. The number of carbonyl (C=O) groups is 1. The third kappa shape index (κ3) is 21.9. The highest BCUT2D eigenvalue weighted by Crippen LogP contribution is 2.00. The standard InChI is InChI=1S/C24H36O2/c1-2-3-4-5-6-7-8-9-10-11-12-13-14-15-16-17-18-19-20-21-22-23-24(25)26/h3-4,6-7,9-10,12-13,16-17,20-21H,2,5,8,11,14-15,18-19,22-23H2,1H3,(H,25,26). The number of unbranched alkanes of at least 4 members (excludes halogenated alkanes) is 2. The van der Waals surface area contributed by atoms with Crippen molar-refractivity contribution in [1.29, 1.82) is 0 Å². The van der Waals surface area contributed by atoms with Crippen LogP contribution in [0, 0.1) is 0 Å². The highest BCUT2D eigenvalue weighted by atomic mass is 16.4. The van der Waals surface area contributed by atoms with Crippen molar-refractivity contribution in [2.24, 2.45) is 0 Å². The van der Waals surface area contributed by atoms with E-state index in [1.807, 2.05) is 6.08 Å². The molecule has 0 aliphatic carbocycles. The molecular formula is C24H36O2. The summed E-state index contributed by atoms with van der Waals surface area (Å²) < 4.78 is 0. The number of rotatable bonds is 16. The maximum atomic E-state index is 10.3. The second-order valence-corrected chi connectivity index (χ2v) is 6.03. The molecular weight excluding hydrogens is 320 g/mol. The van der Waals surface area contributed by atoms with Gasteiger partial charge in [-0.15, -0.1) is 0 Å². The molecule has 0 aromatic carbocycles. The lowest BCUT2D eigenvalue weighted by Crippen LogP contribution is -1.91. The quantitative estimate of drug-likeness (QED) is 0.232. The van der Waals surface area contributed by atoms with Gasteiger partial charge in [0.1, 0.15) is 0 Å². The minimum atomic E-state index is -0.731. The van der Waals surface area contributed by atoms with Crippen molar-refractivity contribution >= 4 is 5.97 Å². The van der Waals surface area contributed by atoms with E-state index in [1.165, 1.54) is 0 Å². The van der Waals surface area contributed by atoms with E-state index in [0.717, 1.165) is 51.4 Å². The van der Waals surface area contributed by atoms with E-state index in [9.17, 15) is 4.79 Å². The lowest BCUT2D eigenvalue weighted by molar-refractivity contribution is -0.136. The smallest absolute Gasteiger partial charge is 0.303 e. The maximum Gasteiger partial charge on any atom is 0.303 e. The molecule has 0 radical (unpaired) electrons. The van der Waals surface area contributed by atoms with E-state index in [4.69, 9.17) is 5.11 Å². The first kappa shape index (κ1) is 23.9. The molecule has 0 bridgehead atoms. The van der Waals surface area contributed by atoms with Gasteiger partial charge in [-0.25, -0.2) is 0 Å². The Morgan fingerprint density at radius 3 is 1.35 bits per heavy atom. The van der Waals surface area contributed by atoms with E-state index in [2.05, 4.69) is 73.8 Å². The summed E-state index contributed by atoms with van der Waals surface area (Å²) in [6.07, 6.45) is 35.4. The first-order valence-corrected chi connectivity index (χ1v) is 9.89. The first-order chi connectivity index (χ1) is 12.8. The summed E-state index contributed by atoms with van der Waals surface area (Å²) in [7, 11) is 0. The number of hydrogen-bond donors (Lipinski definition) is 1. The molecule has 0 aliphatic heterocycles. The number of carboxylic acids is 1. The molecule has 0 rings (SSSR count). The fraction of sp³-hybridized carbons (Fsp3) is 0.458. The van der Waals surface area contributed by atoms with Crippen LogP contribution in [0.25, 0.3) is 0 Å². The topological polar surface area (TPSA) is 37.3 Å². The normalized spacial score (nSPS) is 13.0. The predicted molar refractivity (Wildman–Crippen MR) is 114 cm³/mol. The second-order valence-electron chi connectivity index (χ2n) is 6.03. The van der Waals surface area contributed by atoms with Crippen LogP contribution in [0.15, 0.2) is 72.9 Å². The van der Waals surface area contributed by atoms with Crippen LogP contribution >= 0.6 is 0 Å². The molecule has 0 saturated carbocycles. The number of aliphatic carboxylic acids is 1. The van der Waals surface area contributed by atoms with Gasteiger partial charge in [0.25, 0.3) is 0 Å². The molecule has 1 N–H and O–H groups in total. The highest BCUT2D eigenvalue weighted by Gasteiger charge is 1.90. The van der Waals surface area contributed by atoms with Crippen molar-refractivity contribution < 1.29 is 9.90 Å². The zero-order chi connectivity index (χ0) is 19.1. The Morgan fingerprint density at radius 1 is 0.577 bits per heavy atom. The van der Waals surface area contributed by atoms with Crippen molar-refractivity contribution in [3.8, 4) is 0 Å².